The van der Waals surface area contributed by atoms with Crippen molar-refractivity contribution in [2.75, 3.05) is 12.4 Å². The predicted molar refractivity (Wildman–Crippen MR) is 65.7 cm³/mol. The average molecular weight is 205 g/mol. The zero-order chi connectivity index (χ0) is 10.2. The van der Waals surface area contributed by atoms with Crippen LogP contribution in [0.15, 0.2) is 18.2 Å². The van der Waals surface area contributed by atoms with Gasteiger partial charge in [-0.25, -0.2) is 0 Å². The molecule has 1 nitrogen and oxygen atoms in total. The molecule has 1 aliphatic heterocycles. The van der Waals surface area contributed by atoms with Crippen molar-refractivity contribution in [3.63, 3.8) is 0 Å². The van der Waals surface area contributed by atoms with E-state index in [2.05, 4.69) is 36.6 Å². The van der Waals surface area contributed by atoms with E-state index in [1.807, 2.05) is 7.05 Å². The van der Waals surface area contributed by atoms with E-state index in [4.69, 9.17) is 0 Å². The molecule has 0 saturated carbocycles. The summed E-state index contributed by atoms with van der Waals surface area (Å²) >= 11 is 0. The number of hydrogen-bond acceptors (Lipinski definition) is 1. The van der Waals surface area contributed by atoms with Crippen LogP contribution < -0.4 is 5.32 Å². The maximum atomic E-state index is 3.21. The van der Waals surface area contributed by atoms with Crippen LogP contribution in [0, 0.1) is 0 Å². The molecule has 0 radical (unpaired) electrons. The molecule has 1 N–H and O–H groups in total. The topological polar surface area (TPSA) is 12.0 Å². The summed E-state index contributed by atoms with van der Waals surface area (Å²) in [6.07, 6.45) is 1.30. The number of rotatable bonds is 1. The zero-order valence-electron chi connectivity index (χ0n) is 9.35. The van der Waals surface area contributed by atoms with E-state index in [0.717, 1.165) is 0 Å². The molecule has 0 spiro atoms. The minimum Gasteiger partial charge on any atom is -0.388 e. The molecular weight excluding hydrogens is 186 g/mol. The van der Waals surface area contributed by atoms with Gasteiger partial charge < -0.3 is 5.32 Å². The lowest BCUT2D eigenvalue weighted by Gasteiger charge is -2.29. The predicted octanol–water partition coefficient (Wildman–Crippen LogP) is 3.07. The lowest BCUT2D eigenvalue weighted by Crippen LogP contribution is -2.33. The highest BCUT2D eigenvalue weighted by Crippen LogP contribution is 2.29. The van der Waals surface area contributed by atoms with Crippen molar-refractivity contribution in [3.05, 3.63) is 29.3 Å². The van der Waals surface area contributed by atoms with E-state index in [-0.39, 0.29) is 0 Å². The summed E-state index contributed by atoms with van der Waals surface area (Å²) < 4.78 is 0. The fraction of sp³-hybridized carbons (Fsp3) is 0.500. The molecule has 0 aromatic heterocycles. The minimum absolute atomic E-state index is 0.890. The Hall–Kier alpha value is -0.763. The van der Waals surface area contributed by atoms with E-state index in [1.54, 1.807) is 11.1 Å². The summed E-state index contributed by atoms with van der Waals surface area (Å²) in [5.74, 6) is 0. The van der Waals surface area contributed by atoms with Crippen molar-refractivity contribution >= 4 is 13.8 Å². The Morgan fingerprint density at radius 1 is 1.21 bits per heavy atom. The second kappa shape index (κ2) is 3.43. The van der Waals surface area contributed by atoms with Gasteiger partial charge in [-0.05, 0) is 35.7 Å². The molecule has 1 aromatic rings. The van der Waals surface area contributed by atoms with E-state index in [1.165, 1.54) is 24.2 Å². The number of fused-ring (bicyclic) bond motifs is 1. The third-order valence-electron chi connectivity index (χ3n) is 3.24. The third-order valence-corrected chi connectivity index (χ3v) is 6.18. The van der Waals surface area contributed by atoms with E-state index >= 15 is 0 Å². The molecule has 0 atom stereocenters. The molecule has 0 saturated heterocycles. The quantitative estimate of drug-likeness (QED) is 0.695. The number of hydrogen-bond donors (Lipinski definition) is 1. The Balaban J connectivity index is 2.32. The molecule has 2 rings (SSSR count). The second-order valence-electron chi connectivity index (χ2n) is 5.07. The van der Waals surface area contributed by atoms with Crippen LogP contribution in [0.4, 0.5) is 5.69 Å². The monoisotopic (exact) mass is 205 g/mol. The number of nitrogens with one attached hydrogen (secondary N) is 1. The fourth-order valence-corrected chi connectivity index (χ4v) is 4.76. The molecule has 14 heavy (non-hydrogen) atoms. The number of benzene rings is 1. The van der Waals surface area contributed by atoms with Gasteiger partial charge in [0, 0.05) is 12.7 Å². The van der Waals surface area contributed by atoms with Crippen molar-refractivity contribution in [3.8, 4) is 0 Å². The Morgan fingerprint density at radius 3 is 2.71 bits per heavy atom. The largest absolute Gasteiger partial charge is 0.388 e. The van der Waals surface area contributed by atoms with Crippen LogP contribution in [0.2, 0.25) is 19.1 Å². The normalized spacial score (nSPS) is 18.8. The first kappa shape index (κ1) is 9.78. The molecule has 0 aliphatic carbocycles. The molecule has 0 bridgehead atoms. The van der Waals surface area contributed by atoms with Gasteiger partial charge in [-0.1, -0.05) is 25.2 Å². The van der Waals surface area contributed by atoms with Crippen LogP contribution in [-0.2, 0) is 12.5 Å². The summed E-state index contributed by atoms with van der Waals surface area (Å²) in [4.78, 5) is 0. The van der Waals surface area contributed by atoms with E-state index < -0.39 is 8.07 Å². The van der Waals surface area contributed by atoms with Crippen molar-refractivity contribution < 1.29 is 0 Å². The number of aryl methyl sites for hydroxylation is 1. The summed E-state index contributed by atoms with van der Waals surface area (Å²) in [5, 5.41) is 3.21. The van der Waals surface area contributed by atoms with Gasteiger partial charge in [0.15, 0.2) is 0 Å². The molecule has 1 heterocycles. The third kappa shape index (κ3) is 1.85. The SMILES string of the molecule is CNc1ccc2c(c1)CC[Si](C)(C)C2. The van der Waals surface area contributed by atoms with E-state index in [9.17, 15) is 0 Å². The van der Waals surface area contributed by atoms with Crippen LogP contribution in [0.25, 0.3) is 0 Å². The highest BCUT2D eigenvalue weighted by Gasteiger charge is 2.26. The first-order valence-corrected chi connectivity index (χ1v) is 8.82. The van der Waals surface area contributed by atoms with Gasteiger partial charge >= 0.3 is 0 Å². The van der Waals surface area contributed by atoms with Crippen LogP contribution in [0.3, 0.4) is 0 Å². The Morgan fingerprint density at radius 2 is 2.00 bits per heavy atom. The Kier molecular flexibility index (Phi) is 2.39. The van der Waals surface area contributed by atoms with Gasteiger partial charge in [0.2, 0.25) is 0 Å². The molecule has 0 fully saturated rings. The fourth-order valence-electron chi connectivity index (χ4n) is 2.26. The highest BCUT2D eigenvalue weighted by molar-refractivity contribution is 6.77. The standard InChI is InChI=1S/C12H19NSi/c1-13-12-5-4-11-9-14(2,3)7-6-10(11)8-12/h4-5,8,13H,6-7,9H2,1-3H3. The molecular formula is C12H19NSi. The first-order valence-electron chi connectivity index (χ1n) is 5.40. The van der Waals surface area contributed by atoms with E-state index in [0.29, 0.717) is 0 Å². The van der Waals surface area contributed by atoms with Gasteiger partial charge in [-0.3, -0.25) is 0 Å². The van der Waals surface area contributed by atoms with Crippen LogP contribution in [-0.4, -0.2) is 15.1 Å². The van der Waals surface area contributed by atoms with Gasteiger partial charge in [-0.2, -0.15) is 0 Å². The lowest BCUT2D eigenvalue weighted by atomic mass is 10.1. The van der Waals surface area contributed by atoms with Crippen molar-refractivity contribution in [1.82, 2.24) is 0 Å². The maximum absolute atomic E-state index is 3.21. The molecule has 0 amide bonds. The number of anilines is 1. The van der Waals surface area contributed by atoms with Crippen LogP contribution in [0.5, 0.6) is 0 Å². The van der Waals surface area contributed by atoms with Gasteiger partial charge in [0.1, 0.15) is 0 Å². The molecule has 1 aliphatic rings. The molecule has 1 aromatic carbocycles. The first-order chi connectivity index (χ1) is 6.61. The minimum atomic E-state index is -0.890. The van der Waals surface area contributed by atoms with Crippen LogP contribution >= 0.6 is 0 Å². The second-order valence-corrected chi connectivity index (χ2v) is 10.3. The average Bonchev–Trinajstić information content (AvgIpc) is 2.16. The lowest BCUT2D eigenvalue weighted by molar-refractivity contribution is 0.994. The van der Waals surface area contributed by atoms with Crippen molar-refractivity contribution in [2.45, 2.75) is 31.6 Å². The zero-order valence-corrected chi connectivity index (χ0v) is 10.4. The van der Waals surface area contributed by atoms with Gasteiger partial charge in [0.25, 0.3) is 0 Å². The van der Waals surface area contributed by atoms with Gasteiger partial charge in [-0.15, -0.1) is 0 Å². The van der Waals surface area contributed by atoms with Crippen molar-refractivity contribution in [1.29, 1.82) is 0 Å². The maximum Gasteiger partial charge on any atom is 0.0521 e. The Bertz CT molecular complexity index is 344. The molecule has 0 unspecified atom stereocenters. The summed E-state index contributed by atoms with van der Waals surface area (Å²) in [7, 11) is 1.10. The molecule has 2 heteroatoms. The smallest absolute Gasteiger partial charge is 0.0521 e. The summed E-state index contributed by atoms with van der Waals surface area (Å²) in [5.41, 5.74) is 4.43. The highest BCUT2D eigenvalue weighted by atomic mass is 28.3. The molecule has 76 valence electrons. The van der Waals surface area contributed by atoms with Gasteiger partial charge in [0.05, 0.1) is 8.07 Å². The summed E-state index contributed by atoms with van der Waals surface area (Å²) in [6.45, 7) is 5.00. The summed E-state index contributed by atoms with van der Waals surface area (Å²) in [6, 6.07) is 9.65. The Labute approximate surface area is 87.5 Å². The van der Waals surface area contributed by atoms with Crippen molar-refractivity contribution in [2.24, 2.45) is 0 Å². The van der Waals surface area contributed by atoms with Crippen LogP contribution in [0.1, 0.15) is 11.1 Å².